The van der Waals surface area contributed by atoms with Crippen molar-refractivity contribution < 1.29 is 4.79 Å². The summed E-state index contributed by atoms with van der Waals surface area (Å²) in [6.07, 6.45) is 7.33. The Balaban J connectivity index is 1.74. The van der Waals surface area contributed by atoms with Gasteiger partial charge in [-0.1, -0.05) is 13.3 Å². The maximum Gasteiger partial charge on any atom is 0.224 e. The second-order valence-electron chi connectivity index (χ2n) is 5.47. The Hall–Kier alpha value is -0.570. The van der Waals surface area contributed by atoms with E-state index in [0.717, 1.165) is 32.5 Å². The summed E-state index contributed by atoms with van der Waals surface area (Å²) in [7, 11) is 0. The van der Waals surface area contributed by atoms with E-state index in [2.05, 4.69) is 17.6 Å². The zero-order valence-electron chi connectivity index (χ0n) is 10.3. The van der Waals surface area contributed by atoms with E-state index in [1.165, 1.54) is 25.7 Å². The van der Waals surface area contributed by atoms with Crippen LogP contribution in [-0.2, 0) is 4.79 Å². The van der Waals surface area contributed by atoms with Gasteiger partial charge in [-0.15, -0.1) is 0 Å². The molecule has 0 aromatic carbocycles. The number of carbonyl (C=O) groups excluding carboxylic acids is 1. The molecule has 1 saturated heterocycles. The number of carbonyl (C=O) groups is 1. The lowest BCUT2D eigenvalue weighted by Crippen LogP contribution is -2.46. The Morgan fingerprint density at radius 1 is 1.44 bits per heavy atom. The number of hydrogen-bond acceptors (Lipinski definition) is 2. The largest absolute Gasteiger partial charge is 0.355 e. The summed E-state index contributed by atoms with van der Waals surface area (Å²) in [4.78, 5) is 11.9. The van der Waals surface area contributed by atoms with Crippen molar-refractivity contribution in [3.63, 3.8) is 0 Å². The van der Waals surface area contributed by atoms with Crippen LogP contribution in [0.3, 0.4) is 0 Å². The number of piperidine rings is 1. The van der Waals surface area contributed by atoms with E-state index in [9.17, 15) is 4.79 Å². The highest BCUT2D eigenvalue weighted by molar-refractivity contribution is 5.79. The minimum atomic E-state index is 0.211. The quantitative estimate of drug-likeness (QED) is 0.763. The first-order valence-corrected chi connectivity index (χ1v) is 6.74. The predicted molar refractivity (Wildman–Crippen MR) is 65.2 cm³/mol. The lowest BCUT2D eigenvalue weighted by molar-refractivity contribution is -0.126. The van der Waals surface area contributed by atoms with E-state index >= 15 is 0 Å². The molecule has 3 nitrogen and oxygen atoms in total. The van der Waals surface area contributed by atoms with Gasteiger partial charge in [0, 0.05) is 13.1 Å². The second-order valence-corrected chi connectivity index (χ2v) is 5.47. The van der Waals surface area contributed by atoms with Gasteiger partial charge in [0.15, 0.2) is 0 Å². The van der Waals surface area contributed by atoms with Gasteiger partial charge in [0.1, 0.15) is 0 Å². The fraction of sp³-hybridized carbons (Fsp3) is 0.923. The maximum absolute atomic E-state index is 11.9. The molecule has 0 aromatic rings. The zero-order chi connectivity index (χ0) is 11.4. The number of hydrogen-bond donors (Lipinski definition) is 2. The third-order valence-corrected chi connectivity index (χ3v) is 4.47. The van der Waals surface area contributed by atoms with E-state index in [0.29, 0.717) is 5.41 Å². The van der Waals surface area contributed by atoms with Gasteiger partial charge in [-0.3, -0.25) is 4.79 Å². The SMILES string of the molecule is CCC1(CNC(=O)[C@H]2CCCNC2)CCC1. The van der Waals surface area contributed by atoms with Crippen LogP contribution in [0.25, 0.3) is 0 Å². The van der Waals surface area contributed by atoms with Crippen LogP contribution in [0.15, 0.2) is 0 Å². The van der Waals surface area contributed by atoms with Crippen molar-refractivity contribution in [2.24, 2.45) is 11.3 Å². The molecule has 0 radical (unpaired) electrons. The number of nitrogens with one attached hydrogen (secondary N) is 2. The Morgan fingerprint density at radius 3 is 2.75 bits per heavy atom. The van der Waals surface area contributed by atoms with Gasteiger partial charge in [-0.05, 0) is 44.1 Å². The summed E-state index contributed by atoms with van der Waals surface area (Å²) in [6.45, 7) is 5.08. The normalized spacial score (nSPS) is 28.2. The molecule has 1 aliphatic carbocycles. The predicted octanol–water partition coefficient (Wildman–Crippen LogP) is 1.68. The topological polar surface area (TPSA) is 41.1 Å². The van der Waals surface area contributed by atoms with E-state index in [-0.39, 0.29) is 11.8 Å². The van der Waals surface area contributed by atoms with Gasteiger partial charge >= 0.3 is 0 Å². The van der Waals surface area contributed by atoms with Crippen molar-refractivity contribution in [1.82, 2.24) is 10.6 Å². The van der Waals surface area contributed by atoms with Crippen molar-refractivity contribution >= 4 is 5.91 Å². The van der Waals surface area contributed by atoms with Crippen LogP contribution >= 0.6 is 0 Å². The molecule has 92 valence electrons. The Kier molecular flexibility index (Phi) is 3.85. The lowest BCUT2D eigenvalue weighted by atomic mass is 9.67. The second kappa shape index (κ2) is 5.17. The molecule has 0 spiro atoms. The fourth-order valence-electron chi connectivity index (χ4n) is 2.83. The van der Waals surface area contributed by atoms with E-state index < -0.39 is 0 Å². The molecule has 2 aliphatic rings. The van der Waals surface area contributed by atoms with Gasteiger partial charge in [0.2, 0.25) is 5.91 Å². The van der Waals surface area contributed by atoms with Crippen LogP contribution in [0, 0.1) is 11.3 Å². The van der Waals surface area contributed by atoms with Gasteiger partial charge in [-0.25, -0.2) is 0 Å². The van der Waals surface area contributed by atoms with Crippen LogP contribution in [0.5, 0.6) is 0 Å². The first kappa shape index (κ1) is 11.9. The van der Waals surface area contributed by atoms with Crippen molar-refractivity contribution in [2.45, 2.75) is 45.4 Å². The smallest absolute Gasteiger partial charge is 0.224 e. The van der Waals surface area contributed by atoms with E-state index in [1.807, 2.05) is 0 Å². The summed E-state index contributed by atoms with van der Waals surface area (Å²) >= 11 is 0. The minimum absolute atomic E-state index is 0.211. The van der Waals surface area contributed by atoms with Crippen molar-refractivity contribution in [1.29, 1.82) is 0 Å². The standard InChI is InChI=1S/C13H24N2O/c1-2-13(6-4-7-13)10-15-12(16)11-5-3-8-14-9-11/h11,14H,2-10H2,1H3,(H,15,16)/t11-/m0/s1. The summed E-state index contributed by atoms with van der Waals surface area (Å²) in [6, 6.07) is 0. The number of rotatable bonds is 4. The molecular formula is C13H24N2O. The molecule has 1 heterocycles. The Morgan fingerprint density at radius 2 is 2.25 bits per heavy atom. The highest BCUT2D eigenvalue weighted by Gasteiger charge is 2.35. The molecule has 3 heteroatoms. The van der Waals surface area contributed by atoms with Crippen LogP contribution in [-0.4, -0.2) is 25.5 Å². The Bertz CT molecular complexity index is 237. The van der Waals surface area contributed by atoms with Gasteiger partial charge in [-0.2, -0.15) is 0 Å². The lowest BCUT2D eigenvalue weighted by Gasteiger charge is -2.41. The van der Waals surface area contributed by atoms with E-state index in [4.69, 9.17) is 0 Å². The van der Waals surface area contributed by atoms with Gasteiger partial charge in [0.25, 0.3) is 0 Å². The molecule has 1 saturated carbocycles. The highest BCUT2D eigenvalue weighted by Crippen LogP contribution is 2.43. The molecule has 1 amide bonds. The Labute approximate surface area is 98.4 Å². The first-order valence-electron chi connectivity index (χ1n) is 6.74. The molecular weight excluding hydrogens is 200 g/mol. The summed E-state index contributed by atoms with van der Waals surface area (Å²) in [5, 5.41) is 6.46. The molecule has 0 aromatic heterocycles. The molecule has 0 bridgehead atoms. The summed E-state index contributed by atoms with van der Waals surface area (Å²) < 4.78 is 0. The monoisotopic (exact) mass is 224 g/mol. The zero-order valence-corrected chi connectivity index (χ0v) is 10.3. The first-order chi connectivity index (χ1) is 7.76. The molecule has 1 atom stereocenters. The molecule has 2 rings (SSSR count). The molecule has 0 unspecified atom stereocenters. The fourth-order valence-corrected chi connectivity index (χ4v) is 2.83. The third-order valence-electron chi connectivity index (χ3n) is 4.47. The average Bonchev–Trinajstić information content (AvgIpc) is 2.29. The average molecular weight is 224 g/mol. The van der Waals surface area contributed by atoms with Crippen LogP contribution in [0.2, 0.25) is 0 Å². The van der Waals surface area contributed by atoms with Crippen molar-refractivity contribution in [3.05, 3.63) is 0 Å². The minimum Gasteiger partial charge on any atom is -0.355 e. The van der Waals surface area contributed by atoms with Crippen molar-refractivity contribution in [3.8, 4) is 0 Å². The van der Waals surface area contributed by atoms with Crippen LogP contribution in [0.4, 0.5) is 0 Å². The molecule has 1 aliphatic heterocycles. The van der Waals surface area contributed by atoms with Crippen molar-refractivity contribution in [2.75, 3.05) is 19.6 Å². The summed E-state index contributed by atoms with van der Waals surface area (Å²) in [5.41, 5.74) is 0.442. The van der Waals surface area contributed by atoms with Gasteiger partial charge in [0.05, 0.1) is 5.92 Å². The highest BCUT2D eigenvalue weighted by atomic mass is 16.1. The van der Waals surface area contributed by atoms with Gasteiger partial charge < -0.3 is 10.6 Å². The number of amides is 1. The molecule has 2 N–H and O–H groups in total. The van der Waals surface area contributed by atoms with E-state index in [1.54, 1.807) is 0 Å². The van der Waals surface area contributed by atoms with Crippen LogP contribution in [0.1, 0.15) is 45.4 Å². The maximum atomic E-state index is 11.9. The molecule has 16 heavy (non-hydrogen) atoms. The third kappa shape index (κ3) is 2.57. The molecule has 2 fully saturated rings. The van der Waals surface area contributed by atoms with Crippen LogP contribution < -0.4 is 10.6 Å². The summed E-state index contributed by atoms with van der Waals surface area (Å²) in [5.74, 6) is 0.481.